The van der Waals surface area contributed by atoms with Crippen molar-refractivity contribution in [3.05, 3.63) is 49.1 Å². The summed E-state index contributed by atoms with van der Waals surface area (Å²) in [5.74, 6) is 0.602. The number of aromatic nitrogens is 2. The summed E-state index contributed by atoms with van der Waals surface area (Å²) in [6.45, 7) is 1.53. The van der Waals surface area contributed by atoms with Crippen molar-refractivity contribution in [1.82, 2.24) is 14.9 Å². The van der Waals surface area contributed by atoms with Gasteiger partial charge in [0.05, 0.1) is 6.33 Å². The number of benzene rings is 1. The average Bonchev–Trinajstić information content (AvgIpc) is 2.96. The van der Waals surface area contributed by atoms with Gasteiger partial charge in [-0.15, -0.1) is 12.4 Å². The number of hydrogen-bond donors (Lipinski definition) is 1. The Hall–Kier alpha value is -2.01. The molecule has 0 aliphatic heterocycles. The van der Waals surface area contributed by atoms with E-state index in [1.165, 1.54) is 0 Å². The third-order valence-electron chi connectivity index (χ3n) is 2.59. The zero-order valence-corrected chi connectivity index (χ0v) is 11.9. The number of imidazole rings is 1. The van der Waals surface area contributed by atoms with Gasteiger partial charge in [-0.2, -0.15) is 0 Å². The van der Waals surface area contributed by atoms with Gasteiger partial charge in [-0.05, 0) is 18.6 Å². The standard InChI is InChI=1S/C14H17N3O2.ClH/c18-14(11-19-13-5-2-1-3-6-13)16-7-4-9-17-10-8-15-12-17;/h1-3,5-6,8,10,12H,4,7,9,11H2,(H,16,18);1H. The van der Waals surface area contributed by atoms with Gasteiger partial charge in [0.2, 0.25) is 0 Å². The normalized spacial score (nSPS) is 9.60. The maximum atomic E-state index is 11.5. The second-order valence-corrected chi connectivity index (χ2v) is 4.11. The lowest BCUT2D eigenvalue weighted by Gasteiger charge is -2.07. The maximum absolute atomic E-state index is 11.5. The molecule has 6 heteroatoms. The summed E-state index contributed by atoms with van der Waals surface area (Å²) in [5, 5.41) is 2.82. The van der Waals surface area contributed by atoms with Gasteiger partial charge in [0.1, 0.15) is 5.75 Å². The van der Waals surface area contributed by atoms with Crippen LogP contribution in [0.15, 0.2) is 49.1 Å². The van der Waals surface area contributed by atoms with Crippen LogP contribution in [0.4, 0.5) is 0 Å². The van der Waals surface area contributed by atoms with Crippen molar-refractivity contribution in [3.63, 3.8) is 0 Å². The molecule has 0 radical (unpaired) electrons. The van der Waals surface area contributed by atoms with Crippen molar-refractivity contribution in [2.75, 3.05) is 13.2 Å². The third kappa shape index (κ3) is 5.75. The van der Waals surface area contributed by atoms with Gasteiger partial charge in [0.25, 0.3) is 5.91 Å². The van der Waals surface area contributed by atoms with Crippen LogP contribution in [-0.4, -0.2) is 28.6 Å². The van der Waals surface area contributed by atoms with E-state index < -0.39 is 0 Å². The lowest BCUT2D eigenvalue weighted by molar-refractivity contribution is -0.123. The molecular weight excluding hydrogens is 278 g/mol. The molecule has 0 aliphatic rings. The van der Waals surface area contributed by atoms with Crippen LogP contribution in [0.5, 0.6) is 5.75 Å². The SMILES string of the molecule is Cl.O=C(COc1ccccc1)NCCCn1ccnc1. The molecule has 1 heterocycles. The number of carbonyl (C=O) groups excluding carboxylic acids is 1. The number of para-hydroxylation sites is 1. The Morgan fingerprint density at radius 2 is 2.10 bits per heavy atom. The van der Waals surface area contributed by atoms with Crippen molar-refractivity contribution in [2.45, 2.75) is 13.0 Å². The highest BCUT2D eigenvalue weighted by Gasteiger charge is 2.01. The molecule has 1 N–H and O–H groups in total. The quantitative estimate of drug-likeness (QED) is 0.794. The average molecular weight is 296 g/mol. The molecule has 2 aromatic rings. The number of amides is 1. The van der Waals surface area contributed by atoms with Crippen LogP contribution in [-0.2, 0) is 11.3 Å². The number of halogens is 1. The molecule has 1 aromatic heterocycles. The minimum Gasteiger partial charge on any atom is -0.484 e. The van der Waals surface area contributed by atoms with E-state index in [2.05, 4.69) is 10.3 Å². The first-order valence-electron chi connectivity index (χ1n) is 6.25. The molecule has 108 valence electrons. The Balaban J connectivity index is 0.00000200. The topological polar surface area (TPSA) is 56.1 Å². The van der Waals surface area contributed by atoms with E-state index in [-0.39, 0.29) is 24.9 Å². The Labute approximate surface area is 124 Å². The second-order valence-electron chi connectivity index (χ2n) is 4.11. The Bertz CT molecular complexity index is 488. The van der Waals surface area contributed by atoms with Crippen LogP contribution < -0.4 is 10.1 Å². The van der Waals surface area contributed by atoms with Crippen LogP contribution in [0.3, 0.4) is 0 Å². The number of carbonyl (C=O) groups is 1. The summed E-state index contributed by atoms with van der Waals surface area (Å²) in [6.07, 6.45) is 6.28. The predicted molar refractivity (Wildman–Crippen MR) is 79.0 cm³/mol. The van der Waals surface area contributed by atoms with Gasteiger partial charge in [-0.3, -0.25) is 4.79 Å². The molecule has 0 bridgehead atoms. The van der Waals surface area contributed by atoms with E-state index in [1.807, 2.05) is 41.1 Å². The molecule has 0 fully saturated rings. The van der Waals surface area contributed by atoms with E-state index in [0.29, 0.717) is 12.3 Å². The molecule has 0 aliphatic carbocycles. The van der Waals surface area contributed by atoms with Gasteiger partial charge in [-0.1, -0.05) is 18.2 Å². The Morgan fingerprint density at radius 3 is 2.80 bits per heavy atom. The first kappa shape index (κ1) is 16.0. The Kier molecular flexibility index (Phi) is 7.21. The fraction of sp³-hybridized carbons (Fsp3) is 0.286. The lowest BCUT2D eigenvalue weighted by Crippen LogP contribution is -2.30. The highest BCUT2D eigenvalue weighted by Crippen LogP contribution is 2.07. The molecular formula is C14H18ClN3O2. The number of hydrogen-bond acceptors (Lipinski definition) is 3. The zero-order valence-electron chi connectivity index (χ0n) is 11.1. The van der Waals surface area contributed by atoms with Gasteiger partial charge in [-0.25, -0.2) is 4.98 Å². The molecule has 2 rings (SSSR count). The summed E-state index contributed by atoms with van der Waals surface area (Å²) in [4.78, 5) is 15.5. The van der Waals surface area contributed by atoms with Crippen LogP contribution in [0.2, 0.25) is 0 Å². The van der Waals surface area contributed by atoms with Gasteiger partial charge >= 0.3 is 0 Å². The first-order chi connectivity index (χ1) is 9.34. The maximum Gasteiger partial charge on any atom is 0.257 e. The van der Waals surface area contributed by atoms with E-state index in [9.17, 15) is 4.79 Å². The van der Waals surface area contributed by atoms with Crippen LogP contribution in [0.1, 0.15) is 6.42 Å². The molecule has 0 atom stereocenters. The summed E-state index contributed by atoms with van der Waals surface area (Å²) >= 11 is 0. The van der Waals surface area contributed by atoms with Crippen molar-refractivity contribution in [1.29, 1.82) is 0 Å². The summed E-state index contributed by atoms with van der Waals surface area (Å²) in [5.41, 5.74) is 0. The number of nitrogens with zero attached hydrogens (tertiary/aromatic N) is 2. The van der Waals surface area contributed by atoms with Crippen molar-refractivity contribution < 1.29 is 9.53 Å². The van der Waals surface area contributed by atoms with Crippen molar-refractivity contribution in [2.24, 2.45) is 0 Å². The van der Waals surface area contributed by atoms with Gasteiger partial charge in [0, 0.05) is 25.5 Å². The van der Waals surface area contributed by atoms with Crippen LogP contribution in [0, 0.1) is 0 Å². The summed E-state index contributed by atoms with van der Waals surface area (Å²) < 4.78 is 7.32. The highest BCUT2D eigenvalue weighted by molar-refractivity contribution is 5.85. The number of nitrogens with one attached hydrogen (secondary N) is 1. The van der Waals surface area contributed by atoms with E-state index in [1.54, 1.807) is 12.5 Å². The van der Waals surface area contributed by atoms with Gasteiger partial charge in [0.15, 0.2) is 6.61 Å². The molecule has 1 amide bonds. The molecule has 1 aromatic carbocycles. The van der Waals surface area contributed by atoms with Gasteiger partial charge < -0.3 is 14.6 Å². The van der Waals surface area contributed by atoms with Crippen LogP contribution in [0.25, 0.3) is 0 Å². The number of ether oxygens (including phenoxy) is 1. The predicted octanol–water partition coefficient (Wildman–Crippen LogP) is 1.89. The first-order valence-corrected chi connectivity index (χ1v) is 6.25. The molecule has 0 unspecified atom stereocenters. The molecule has 20 heavy (non-hydrogen) atoms. The number of rotatable bonds is 7. The highest BCUT2D eigenvalue weighted by atomic mass is 35.5. The van der Waals surface area contributed by atoms with Crippen molar-refractivity contribution in [3.8, 4) is 5.75 Å². The van der Waals surface area contributed by atoms with E-state index in [4.69, 9.17) is 4.74 Å². The fourth-order valence-corrected chi connectivity index (χ4v) is 1.63. The van der Waals surface area contributed by atoms with Crippen molar-refractivity contribution >= 4 is 18.3 Å². The molecule has 0 spiro atoms. The van der Waals surface area contributed by atoms with E-state index in [0.717, 1.165) is 13.0 Å². The molecule has 0 saturated heterocycles. The zero-order chi connectivity index (χ0) is 13.3. The lowest BCUT2D eigenvalue weighted by atomic mass is 10.3. The Morgan fingerprint density at radius 1 is 1.30 bits per heavy atom. The second kappa shape index (κ2) is 8.98. The van der Waals surface area contributed by atoms with Crippen LogP contribution >= 0.6 is 12.4 Å². The fourth-order valence-electron chi connectivity index (χ4n) is 1.63. The molecule has 5 nitrogen and oxygen atoms in total. The summed E-state index contributed by atoms with van der Waals surface area (Å²) in [6, 6.07) is 9.30. The largest absolute Gasteiger partial charge is 0.484 e. The monoisotopic (exact) mass is 295 g/mol. The third-order valence-corrected chi connectivity index (χ3v) is 2.59. The molecule has 0 saturated carbocycles. The minimum absolute atomic E-state index is 0. The van der Waals surface area contributed by atoms with E-state index >= 15 is 0 Å². The smallest absolute Gasteiger partial charge is 0.257 e. The number of aryl methyl sites for hydroxylation is 1. The minimum atomic E-state index is -0.102. The summed E-state index contributed by atoms with van der Waals surface area (Å²) in [7, 11) is 0.